The zero-order valence-electron chi connectivity index (χ0n) is 8.13. The molecular formula is C10H11BrN4. The summed E-state index contributed by atoms with van der Waals surface area (Å²) in [4.78, 5) is 7.74. The Kier molecular flexibility index (Phi) is 2.05. The van der Waals surface area contributed by atoms with E-state index < -0.39 is 0 Å². The van der Waals surface area contributed by atoms with Gasteiger partial charge in [0, 0.05) is 19.3 Å². The van der Waals surface area contributed by atoms with Gasteiger partial charge in [-0.1, -0.05) is 0 Å². The van der Waals surface area contributed by atoms with Crippen molar-refractivity contribution in [2.24, 2.45) is 0 Å². The van der Waals surface area contributed by atoms with Gasteiger partial charge in [0.2, 0.25) is 5.95 Å². The van der Waals surface area contributed by atoms with Gasteiger partial charge in [0.25, 0.3) is 0 Å². The number of hydrogen-bond acceptors (Lipinski definition) is 2. The van der Waals surface area contributed by atoms with E-state index in [1.807, 2.05) is 18.3 Å². The number of H-pyrrole nitrogens is 1. The zero-order chi connectivity index (χ0) is 10.3. The molecule has 0 atom stereocenters. The van der Waals surface area contributed by atoms with E-state index in [-0.39, 0.29) is 0 Å². The van der Waals surface area contributed by atoms with E-state index in [0.717, 1.165) is 41.4 Å². The average Bonchev–Trinajstić information content (AvgIpc) is 2.87. The van der Waals surface area contributed by atoms with Crippen LogP contribution in [-0.4, -0.2) is 21.1 Å². The van der Waals surface area contributed by atoms with E-state index in [1.165, 1.54) is 0 Å². The van der Waals surface area contributed by atoms with Crippen molar-refractivity contribution < 1.29 is 0 Å². The van der Waals surface area contributed by atoms with Gasteiger partial charge in [0.05, 0.1) is 5.69 Å². The fourth-order valence-corrected chi connectivity index (χ4v) is 2.51. The van der Waals surface area contributed by atoms with E-state index in [9.17, 15) is 0 Å². The number of anilines is 1. The van der Waals surface area contributed by atoms with Gasteiger partial charge in [-0.25, -0.2) is 4.98 Å². The summed E-state index contributed by atoms with van der Waals surface area (Å²) in [6.07, 6.45) is 3.06. The first-order chi connectivity index (χ1) is 7.36. The van der Waals surface area contributed by atoms with Crippen LogP contribution in [0.4, 0.5) is 5.95 Å². The number of fused-ring (bicyclic) bond motifs is 1. The third-order valence-electron chi connectivity index (χ3n) is 2.60. The predicted molar refractivity (Wildman–Crippen MR) is 62.8 cm³/mol. The molecule has 0 aromatic carbocycles. The van der Waals surface area contributed by atoms with Gasteiger partial charge in [-0.2, -0.15) is 0 Å². The lowest BCUT2D eigenvalue weighted by Crippen LogP contribution is -2.17. The van der Waals surface area contributed by atoms with Crippen LogP contribution in [0.2, 0.25) is 0 Å². The molecule has 0 amide bonds. The van der Waals surface area contributed by atoms with E-state index in [0.29, 0.717) is 0 Å². The lowest BCUT2D eigenvalue weighted by Gasteiger charge is -2.15. The summed E-state index contributed by atoms with van der Waals surface area (Å²) in [5.74, 6) is 0.956. The number of imidazole rings is 1. The summed E-state index contributed by atoms with van der Waals surface area (Å²) >= 11 is 3.60. The third kappa shape index (κ3) is 1.38. The van der Waals surface area contributed by atoms with Gasteiger partial charge in [-0.05, 0) is 34.5 Å². The Morgan fingerprint density at radius 2 is 2.40 bits per heavy atom. The fourth-order valence-electron chi connectivity index (χ4n) is 1.86. The highest BCUT2D eigenvalue weighted by atomic mass is 79.9. The zero-order valence-corrected chi connectivity index (χ0v) is 9.71. The molecule has 1 aliphatic heterocycles. The Hall–Kier alpha value is -1.23. The highest BCUT2D eigenvalue weighted by molar-refractivity contribution is 9.10. The van der Waals surface area contributed by atoms with E-state index >= 15 is 0 Å². The number of aromatic nitrogens is 3. The number of rotatable bonds is 1. The number of nitrogens with zero attached hydrogens (tertiary/aromatic N) is 2. The molecule has 1 aliphatic rings. The van der Waals surface area contributed by atoms with Crippen LogP contribution in [0.1, 0.15) is 6.42 Å². The molecule has 0 bridgehead atoms. The maximum Gasteiger partial charge on any atom is 0.204 e. The molecule has 0 spiro atoms. The van der Waals surface area contributed by atoms with Crippen molar-refractivity contribution in [2.75, 3.05) is 11.9 Å². The lowest BCUT2D eigenvalue weighted by molar-refractivity contribution is 0.618. The molecule has 0 fully saturated rings. The monoisotopic (exact) mass is 266 g/mol. The van der Waals surface area contributed by atoms with Crippen molar-refractivity contribution in [3.8, 4) is 11.4 Å². The maximum atomic E-state index is 4.57. The minimum Gasteiger partial charge on any atom is -0.360 e. The minimum atomic E-state index is 0.956. The van der Waals surface area contributed by atoms with Crippen LogP contribution in [0.15, 0.2) is 22.9 Å². The summed E-state index contributed by atoms with van der Waals surface area (Å²) in [6.45, 7) is 2.03. The van der Waals surface area contributed by atoms with Gasteiger partial charge in [0.1, 0.15) is 10.3 Å². The standard InChI is InChI=1S/C10H11BrN4/c11-9-8(7-3-1-4-12-7)14-10-13-5-2-6-15(9)10/h1,3-4,12H,2,5-6H2,(H,13,14). The molecule has 0 aliphatic carbocycles. The Bertz CT molecular complexity index is 472. The Morgan fingerprint density at radius 3 is 3.13 bits per heavy atom. The smallest absolute Gasteiger partial charge is 0.204 e. The predicted octanol–water partition coefficient (Wildman–Crippen LogP) is 2.46. The highest BCUT2D eigenvalue weighted by Gasteiger charge is 2.18. The summed E-state index contributed by atoms with van der Waals surface area (Å²) in [5, 5.41) is 3.29. The summed E-state index contributed by atoms with van der Waals surface area (Å²) < 4.78 is 3.21. The first-order valence-corrected chi connectivity index (χ1v) is 5.79. The highest BCUT2D eigenvalue weighted by Crippen LogP contribution is 2.31. The van der Waals surface area contributed by atoms with Crippen molar-refractivity contribution in [3.63, 3.8) is 0 Å². The Morgan fingerprint density at radius 1 is 1.47 bits per heavy atom. The molecule has 0 radical (unpaired) electrons. The summed E-state index contributed by atoms with van der Waals surface area (Å²) in [5.41, 5.74) is 2.02. The van der Waals surface area contributed by atoms with Crippen molar-refractivity contribution in [1.29, 1.82) is 0 Å². The summed E-state index contributed by atoms with van der Waals surface area (Å²) in [7, 11) is 0. The molecule has 2 N–H and O–H groups in total. The summed E-state index contributed by atoms with van der Waals surface area (Å²) in [6, 6.07) is 4.01. The topological polar surface area (TPSA) is 45.6 Å². The van der Waals surface area contributed by atoms with Crippen LogP contribution in [0.3, 0.4) is 0 Å². The fraction of sp³-hybridized carbons (Fsp3) is 0.300. The Balaban J connectivity index is 2.13. The number of hydrogen-bond donors (Lipinski definition) is 2. The van der Waals surface area contributed by atoms with Gasteiger partial charge in [-0.15, -0.1) is 0 Å². The van der Waals surface area contributed by atoms with Crippen molar-refractivity contribution >= 4 is 21.9 Å². The van der Waals surface area contributed by atoms with Crippen LogP contribution in [0.5, 0.6) is 0 Å². The van der Waals surface area contributed by atoms with Gasteiger partial charge in [0.15, 0.2) is 0 Å². The molecule has 0 unspecified atom stereocenters. The van der Waals surface area contributed by atoms with E-state index in [2.05, 4.69) is 35.8 Å². The molecule has 15 heavy (non-hydrogen) atoms. The van der Waals surface area contributed by atoms with Crippen molar-refractivity contribution in [1.82, 2.24) is 14.5 Å². The van der Waals surface area contributed by atoms with Crippen LogP contribution < -0.4 is 5.32 Å². The van der Waals surface area contributed by atoms with Crippen LogP contribution in [-0.2, 0) is 6.54 Å². The molecule has 3 rings (SSSR count). The molecule has 78 valence electrons. The van der Waals surface area contributed by atoms with Gasteiger partial charge < -0.3 is 14.9 Å². The van der Waals surface area contributed by atoms with Gasteiger partial charge >= 0.3 is 0 Å². The second-order valence-corrected chi connectivity index (χ2v) is 4.34. The SMILES string of the molecule is Brc1c(-c2ccc[nH]2)nc2n1CCCN2. The molecular weight excluding hydrogens is 256 g/mol. The van der Waals surface area contributed by atoms with E-state index in [1.54, 1.807) is 0 Å². The molecule has 3 heterocycles. The first-order valence-electron chi connectivity index (χ1n) is 5.00. The molecule has 2 aromatic heterocycles. The van der Waals surface area contributed by atoms with Crippen LogP contribution >= 0.6 is 15.9 Å². The van der Waals surface area contributed by atoms with Crippen molar-refractivity contribution in [2.45, 2.75) is 13.0 Å². The molecule has 0 saturated carbocycles. The normalized spacial score (nSPS) is 14.7. The molecule has 2 aromatic rings. The third-order valence-corrected chi connectivity index (χ3v) is 3.40. The average molecular weight is 267 g/mol. The number of halogens is 1. The molecule has 0 saturated heterocycles. The quantitative estimate of drug-likeness (QED) is 0.833. The lowest BCUT2D eigenvalue weighted by atomic mass is 10.3. The van der Waals surface area contributed by atoms with E-state index in [4.69, 9.17) is 0 Å². The van der Waals surface area contributed by atoms with Crippen molar-refractivity contribution in [3.05, 3.63) is 22.9 Å². The largest absolute Gasteiger partial charge is 0.360 e. The second kappa shape index (κ2) is 3.41. The number of nitrogens with one attached hydrogen (secondary N) is 2. The second-order valence-electron chi connectivity index (χ2n) is 3.59. The molecule has 4 nitrogen and oxygen atoms in total. The minimum absolute atomic E-state index is 0.956. The molecule has 5 heteroatoms. The van der Waals surface area contributed by atoms with Crippen LogP contribution in [0, 0.1) is 0 Å². The first kappa shape index (κ1) is 9.03. The number of aromatic amines is 1. The maximum absolute atomic E-state index is 4.57. The van der Waals surface area contributed by atoms with Crippen LogP contribution in [0.25, 0.3) is 11.4 Å². The van der Waals surface area contributed by atoms with Gasteiger partial charge in [-0.3, -0.25) is 0 Å². The Labute approximate surface area is 95.8 Å².